The van der Waals surface area contributed by atoms with Gasteiger partial charge in [-0.1, -0.05) is 66.4 Å². The first kappa shape index (κ1) is 22.5. The summed E-state index contributed by atoms with van der Waals surface area (Å²) in [5, 5.41) is 15.3. The number of fused-ring (bicyclic) bond motifs is 1. The third-order valence-electron chi connectivity index (χ3n) is 5.16. The minimum Gasteiger partial charge on any atom is -0.481 e. The molecule has 0 amide bonds. The van der Waals surface area contributed by atoms with Crippen molar-refractivity contribution in [1.82, 2.24) is 5.32 Å². The molecule has 0 bridgehead atoms. The van der Waals surface area contributed by atoms with Gasteiger partial charge in [0.25, 0.3) is 0 Å². The lowest BCUT2D eigenvalue weighted by Gasteiger charge is -2.19. The molecule has 0 radical (unpaired) electrons. The summed E-state index contributed by atoms with van der Waals surface area (Å²) in [5.41, 5.74) is 2.01. The van der Waals surface area contributed by atoms with E-state index < -0.39 is 11.4 Å². The molecular formula is C25H26ClNO2. The van der Waals surface area contributed by atoms with E-state index in [1.165, 1.54) is 16.3 Å². The molecule has 2 N–H and O–H groups in total. The van der Waals surface area contributed by atoms with Crippen LogP contribution >= 0.6 is 12.4 Å². The Bertz CT molecular complexity index is 1040. The van der Waals surface area contributed by atoms with Crippen molar-refractivity contribution in [2.75, 3.05) is 6.54 Å². The molecule has 3 aromatic carbocycles. The Kier molecular flexibility index (Phi) is 7.45. The number of rotatable bonds is 5. The quantitative estimate of drug-likeness (QED) is 0.562. The Morgan fingerprint density at radius 3 is 2.38 bits per heavy atom. The number of carbonyl (C=O) groups is 1. The maximum atomic E-state index is 11.3. The average molecular weight is 408 g/mol. The van der Waals surface area contributed by atoms with E-state index in [4.69, 9.17) is 0 Å². The zero-order valence-corrected chi connectivity index (χ0v) is 17.7. The van der Waals surface area contributed by atoms with Crippen LogP contribution in [0.4, 0.5) is 0 Å². The van der Waals surface area contributed by atoms with Crippen molar-refractivity contribution < 1.29 is 9.90 Å². The number of carboxylic acids is 1. The number of hydrogen-bond acceptors (Lipinski definition) is 2. The van der Waals surface area contributed by atoms with Gasteiger partial charge < -0.3 is 5.11 Å². The monoisotopic (exact) mass is 407 g/mol. The highest BCUT2D eigenvalue weighted by Crippen LogP contribution is 2.24. The van der Waals surface area contributed by atoms with Gasteiger partial charge in [-0.05, 0) is 54.8 Å². The van der Waals surface area contributed by atoms with Gasteiger partial charge in [0.1, 0.15) is 0 Å². The maximum Gasteiger partial charge on any atom is 0.313 e. The second kappa shape index (κ2) is 9.60. The lowest BCUT2D eigenvalue weighted by molar-refractivity contribution is -0.142. The van der Waals surface area contributed by atoms with Crippen molar-refractivity contribution in [2.24, 2.45) is 0 Å². The first-order valence-electron chi connectivity index (χ1n) is 9.43. The van der Waals surface area contributed by atoms with Crippen LogP contribution in [0.25, 0.3) is 10.8 Å². The van der Waals surface area contributed by atoms with Gasteiger partial charge in [-0.2, -0.15) is 0 Å². The number of aliphatic carboxylic acids is 1. The lowest BCUT2D eigenvalue weighted by atomic mass is 9.84. The smallest absolute Gasteiger partial charge is 0.313 e. The van der Waals surface area contributed by atoms with Crippen molar-refractivity contribution in [3.8, 4) is 11.8 Å². The Balaban J connectivity index is 0.00000300. The van der Waals surface area contributed by atoms with E-state index in [0.29, 0.717) is 6.54 Å². The Labute approximate surface area is 178 Å². The Hall–Kier alpha value is -2.80. The minimum absolute atomic E-state index is 0. The second-order valence-corrected chi connectivity index (χ2v) is 7.48. The molecule has 0 heterocycles. The second-order valence-electron chi connectivity index (χ2n) is 7.48. The number of carboxylic acid groups (broad SMARTS) is 1. The summed E-state index contributed by atoms with van der Waals surface area (Å²) in [5.74, 6) is 5.46. The molecule has 3 rings (SSSR count). The molecular weight excluding hydrogens is 382 g/mol. The molecule has 1 atom stereocenters. The highest BCUT2D eigenvalue weighted by atomic mass is 35.5. The predicted octanol–water partition coefficient (Wildman–Crippen LogP) is 5.33. The molecule has 3 nitrogen and oxygen atoms in total. The first-order valence-corrected chi connectivity index (χ1v) is 9.43. The Morgan fingerprint density at radius 1 is 1.03 bits per heavy atom. The molecule has 0 aliphatic heterocycles. The molecule has 0 aliphatic carbocycles. The summed E-state index contributed by atoms with van der Waals surface area (Å²) in [6.07, 6.45) is 0. The number of hydrogen-bond donors (Lipinski definition) is 2. The third-order valence-corrected chi connectivity index (χ3v) is 5.16. The summed E-state index contributed by atoms with van der Waals surface area (Å²) in [4.78, 5) is 11.3. The van der Waals surface area contributed by atoms with E-state index in [0.717, 1.165) is 11.1 Å². The number of benzene rings is 3. The van der Waals surface area contributed by atoms with E-state index in [-0.39, 0.29) is 18.4 Å². The topological polar surface area (TPSA) is 49.3 Å². The zero-order valence-electron chi connectivity index (χ0n) is 16.9. The van der Waals surface area contributed by atoms with Crippen molar-refractivity contribution in [2.45, 2.75) is 32.2 Å². The van der Waals surface area contributed by atoms with Gasteiger partial charge in [-0.25, -0.2) is 0 Å². The van der Waals surface area contributed by atoms with Gasteiger partial charge in [0.2, 0.25) is 0 Å². The van der Waals surface area contributed by atoms with E-state index in [1.54, 1.807) is 13.8 Å². The molecule has 29 heavy (non-hydrogen) atoms. The van der Waals surface area contributed by atoms with Crippen LogP contribution in [0.3, 0.4) is 0 Å². The van der Waals surface area contributed by atoms with Crippen molar-refractivity contribution >= 4 is 29.1 Å². The van der Waals surface area contributed by atoms with Crippen LogP contribution in [0.5, 0.6) is 0 Å². The average Bonchev–Trinajstić information content (AvgIpc) is 2.71. The molecule has 0 aliphatic rings. The fraction of sp³-hybridized carbons (Fsp3) is 0.240. The minimum atomic E-state index is -0.901. The van der Waals surface area contributed by atoms with Crippen molar-refractivity contribution in [3.63, 3.8) is 0 Å². The van der Waals surface area contributed by atoms with Gasteiger partial charge in [0.15, 0.2) is 0 Å². The van der Waals surface area contributed by atoms with Crippen molar-refractivity contribution in [1.29, 1.82) is 0 Å². The van der Waals surface area contributed by atoms with Crippen LogP contribution in [0.15, 0.2) is 66.7 Å². The van der Waals surface area contributed by atoms with Crippen LogP contribution in [-0.2, 0) is 10.2 Å². The normalized spacial score (nSPS) is 11.8. The molecule has 0 spiro atoms. The molecule has 150 valence electrons. The van der Waals surface area contributed by atoms with Crippen LogP contribution in [0, 0.1) is 11.8 Å². The van der Waals surface area contributed by atoms with Crippen LogP contribution in [0.1, 0.15) is 43.5 Å². The summed E-state index contributed by atoms with van der Waals surface area (Å²) in [6.45, 7) is 6.13. The van der Waals surface area contributed by atoms with E-state index >= 15 is 0 Å². The molecule has 1 unspecified atom stereocenters. The predicted molar refractivity (Wildman–Crippen MR) is 122 cm³/mol. The van der Waals surface area contributed by atoms with Gasteiger partial charge in [0, 0.05) is 11.6 Å². The fourth-order valence-electron chi connectivity index (χ4n) is 3.18. The SMILES string of the molecule is CC(NCC#Cc1ccc(C(C)(C)C(=O)O)cc1)c1cccc2ccccc12.Cl. The molecule has 4 heteroatoms. The number of nitrogens with one attached hydrogen (secondary N) is 1. The third kappa shape index (κ3) is 5.17. The maximum absolute atomic E-state index is 11.3. The standard InChI is InChI=1S/C25H25NO2.ClH/c1-18(22-12-6-10-20-9-4-5-11-23(20)22)26-17-7-8-19-13-15-21(16-14-19)25(2,3)24(27)28;/h4-6,9-16,18,26H,17H2,1-3H3,(H,27,28);1H. The highest BCUT2D eigenvalue weighted by Gasteiger charge is 2.28. The Morgan fingerprint density at radius 2 is 1.69 bits per heavy atom. The van der Waals surface area contributed by atoms with Gasteiger partial charge in [-0.15, -0.1) is 12.4 Å². The van der Waals surface area contributed by atoms with E-state index in [1.807, 2.05) is 24.3 Å². The largest absolute Gasteiger partial charge is 0.481 e. The molecule has 0 fully saturated rings. The van der Waals surface area contributed by atoms with Gasteiger partial charge >= 0.3 is 5.97 Å². The van der Waals surface area contributed by atoms with Crippen molar-refractivity contribution in [3.05, 3.63) is 83.4 Å². The zero-order chi connectivity index (χ0) is 20.1. The molecule has 0 saturated heterocycles. The molecule has 0 saturated carbocycles. The van der Waals surface area contributed by atoms with Crippen LogP contribution in [-0.4, -0.2) is 17.6 Å². The number of halogens is 1. The van der Waals surface area contributed by atoms with E-state index in [9.17, 15) is 9.90 Å². The molecule has 0 aromatic heterocycles. The summed E-state index contributed by atoms with van der Waals surface area (Å²) in [7, 11) is 0. The summed E-state index contributed by atoms with van der Waals surface area (Å²) < 4.78 is 0. The lowest BCUT2D eigenvalue weighted by Crippen LogP contribution is -2.28. The summed E-state index contributed by atoms with van der Waals surface area (Å²) in [6, 6.07) is 22.4. The van der Waals surface area contributed by atoms with Crippen LogP contribution < -0.4 is 5.32 Å². The fourth-order valence-corrected chi connectivity index (χ4v) is 3.18. The molecule has 3 aromatic rings. The first-order chi connectivity index (χ1) is 13.4. The summed E-state index contributed by atoms with van der Waals surface area (Å²) >= 11 is 0. The van der Waals surface area contributed by atoms with Gasteiger partial charge in [-0.3, -0.25) is 10.1 Å². The highest BCUT2D eigenvalue weighted by molar-refractivity contribution is 5.86. The van der Waals surface area contributed by atoms with E-state index in [2.05, 4.69) is 66.5 Å². The van der Waals surface area contributed by atoms with Gasteiger partial charge in [0.05, 0.1) is 12.0 Å². The van der Waals surface area contributed by atoms with Crippen LogP contribution in [0.2, 0.25) is 0 Å².